The van der Waals surface area contributed by atoms with Crippen LogP contribution in [0.25, 0.3) is 0 Å². The Balaban J connectivity index is 1.74. The van der Waals surface area contributed by atoms with Gasteiger partial charge in [-0.25, -0.2) is 9.59 Å². The molecule has 3 rings (SSSR count). The minimum atomic E-state index is -0.608. The van der Waals surface area contributed by atoms with E-state index in [9.17, 15) is 14.4 Å². The van der Waals surface area contributed by atoms with Crippen LogP contribution in [0.5, 0.6) is 11.5 Å². The zero-order chi connectivity index (χ0) is 26.1. The smallest absolute Gasteiger partial charge is 0.349 e. The van der Waals surface area contributed by atoms with Gasteiger partial charge < -0.3 is 24.3 Å². The number of hydrogen-bond acceptors (Lipinski definition) is 8. The Hall–Kier alpha value is -3.85. The Morgan fingerprint density at radius 2 is 1.61 bits per heavy atom. The third kappa shape index (κ3) is 6.63. The average Bonchev–Trinajstić information content (AvgIpc) is 3.21. The molecule has 0 saturated carbocycles. The molecule has 0 aliphatic heterocycles. The number of carbonyl (C=O) groups is 3. The van der Waals surface area contributed by atoms with Crippen molar-refractivity contribution in [3.05, 3.63) is 75.7 Å². The summed E-state index contributed by atoms with van der Waals surface area (Å²) in [5, 5.41) is 3.04. The average molecular weight is 512 g/mol. The highest BCUT2D eigenvalue weighted by Gasteiger charge is 2.27. The van der Waals surface area contributed by atoms with Crippen LogP contribution in [0.2, 0.25) is 0 Å². The van der Waals surface area contributed by atoms with Gasteiger partial charge >= 0.3 is 11.9 Å². The number of methoxy groups -OCH3 is 2. The monoisotopic (exact) mass is 511 g/mol. The van der Waals surface area contributed by atoms with E-state index in [2.05, 4.69) is 5.32 Å². The second-order valence-corrected chi connectivity index (χ2v) is 8.80. The van der Waals surface area contributed by atoms with Crippen LogP contribution in [0.3, 0.4) is 0 Å². The predicted molar refractivity (Wildman–Crippen MR) is 137 cm³/mol. The summed E-state index contributed by atoms with van der Waals surface area (Å²) in [5.41, 5.74) is 2.30. The molecule has 0 aliphatic carbocycles. The summed E-state index contributed by atoms with van der Waals surface area (Å²) in [6.07, 6.45) is 0.597. The van der Waals surface area contributed by atoms with Crippen molar-refractivity contribution < 1.29 is 33.3 Å². The van der Waals surface area contributed by atoms with Crippen molar-refractivity contribution in [2.45, 2.75) is 33.3 Å². The molecule has 3 aromatic rings. The van der Waals surface area contributed by atoms with Gasteiger partial charge in [0, 0.05) is 6.42 Å². The van der Waals surface area contributed by atoms with Crippen LogP contribution in [-0.4, -0.2) is 38.7 Å². The molecule has 190 valence electrons. The van der Waals surface area contributed by atoms with Gasteiger partial charge in [0.2, 0.25) is 5.91 Å². The molecule has 2 aromatic carbocycles. The molecule has 0 bridgehead atoms. The van der Waals surface area contributed by atoms with Gasteiger partial charge in [0.15, 0.2) is 11.5 Å². The molecule has 9 heteroatoms. The van der Waals surface area contributed by atoms with Crippen LogP contribution in [0, 0.1) is 6.92 Å². The Bertz CT molecular complexity index is 1220. The highest BCUT2D eigenvalue weighted by Crippen LogP contribution is 2.35. The van der Waals surface area contributed by atoms with Crippen molar-refractivity contribution in [3.8, 4) is 11.5 Å². The van der Waals surface area contributed by atoms with Gasteiger partial charge in [0.25, 0.3) is 0 Å². The molecule has 8 nitrogen and oxygen atoms in total. The first-order chi connectivity index (χ1) is 17.4. The maximum Gasteiger partial charge on any atom is 0.349 e. The summed E-state index contributed by atoms with van der Waals surface area (Å²) in [4.78, 5) is 38.5. The molecular weight excluding hydrogens is 482 g/mol. The first kappa shape index (κ1) is 26.7. The van der Waals surface area contributed by atoms with Gasteiger partial charge in [0.1, 0.15) is 16.5 Å². The van der Waals surface area contributed by atoms with Crippen molar-refractivity contribution in [3.63, 3.8) is 0 Å². The number of benzene rings is 2. The number of nitrogens with one attached hydrogen (secondary N) is 1. The Kier molecular flexibility index (Phi) is 9.46. The fraction of sp³-hybridized carbons (Fsp3) is 0.296. The van der Waals surface area contributed by atoms with E-state index < -0.39 is 11.9 Å². The van der Waals surface area contributed by atoms with Gasteiger partial charge in [-0.2, -0.15) is 0 Å². The molecule has 0 fully saturated rings. The molecule has 0 radical (unpaired) electrons. The number of rotatable bonds is 11. The Morgan fingerprint density at radius 3 is 2.28 bits per heavy atom. The van der Waals surface area contributed by atoms with Gasteiger partial charge in [-0.3, -0.25) is 4.79 Å². The van der Waals surface area contributed by atoms with Crippen LogP contribution in [0.1, 0.15) is 50.1 Å². The van der Waals surface area contributed by atoms with E-state index in [1.165, 1.54) is 0 Å². The lowest BCUT2D eigenvalue weighted by Gasteiger charge is -2.10. The number of amides is 1. The molecule has 1 N–H and O–H groups in total. The molecule has 1 aromatic heterocycles. The van der Waals surface area contributed by atoms with Crippen molar-refractivity contribution in [2.75, 3.05) is 26.1 Å². The van der Waals surface area contributed by atoms with Crippen LogP contribution in [0.15, 0.2) is 48.5 Å². The van der Waals surface area contributed by atoms with E-state index in [-0.39, 0.29) is 41.0 Å². The normalized spacial score (nSPS) is 10.4. The first-order valence-electron chi connectivity index (χ1n) is 11.4. The van der Waals surface area contributed by atoms with Gasteiger partial charge in [-0.15, -0.1) is 11.3 Å². The summed E-state index contributed by atoms with van der Waals surface area (Å²) in [6, 6.07) is 14.7. The minimum Gasteiger partial charge on any atom is -0.493 e. The van der Waals surface area contributed by atoms with E-state index >= 15 is 0 Å². The molecule has 0 atom stereocenters. The van der Waals surface area contributed by atoms with Crippen LogP contribution in [0.4, 0.5) is 5.00 Å². The number of anilines is 1. The number of carbonyl (C=O) groups excluding carboxylic acids is 3. The topological polar surface area (TPSA) is 100 Å². The van der Waals surface area contributed by atoms with Crippen LogP contribution < -0.4 is 14.8 Å². The standard InChI is InChI=1S/C27H29NO7S/c1-5-34-26(30)23-17(2)24(27(31)35-16-19-9-7-6-8-10-19)36-25(23)28-22(29)14-12-18-11-13-20(32-3)21(15-18)33-4/h6-11,13,15H,5,12,14,16H2,1-4H3,(H,28,29). The number of esters is 2. The fourth-order valence-corrected chi connectivity index (χ4v) is 4.62. The Morgan fingerprint density at radius 1 is 0.889 bits per heavy atom. The predicted octanol–water partition coefficient (Wildman–Crippen LogP) is 5.18. The van der Waals surface area contributed by atoms with E-state index in [0.717, 1.165) is 22.5 Å². The van der Waals surface area contributed by atoms with Crippen molar-refractivity contribution in [1.29, 1.82) is 0 Å². The first-order valence-corrected chi connectivity index (χ1v) is 12.2. The van der Waals surface area contributed by atoms with Crippen LogP contribution >= 0.6 is 11.3 Å². The lowest BCUT2D eigenvalue weighted by atomic mass is 10.1. The van der Waals surface area contributed by atoms with E-state index in [4.69, 9.17) is 18.9 Å². The molecule has 1 amide bonds. The third-order valence-corrected chi connectivity index (χ3v) is 6.55. The highest BCUT2D eigenvalue weighted by atomic mass is 32.1. The lowest BCUT2D eigenvalue weighted by molar-refractivity contribution is -0.116. The highest BCUT2D eigenvalue weighted by molar-refractivity contribution is 7.18. The van der Waals surface area contributed by atoms with Crippen molar-refractivity contribution in [1.82, 2.24) is 0 Å². The zero-order valence-corrected chi connectivity index (χ0v) is 21.5. The summed E-state index contributed by atoms with van der Waals surface area (Å²) in [6.45, 7) is 3.59. The van der Waals surface area contributed by atoms with Gasteiger partial charge in [0.05, 0.1) is 26.4 Å². The molecule has 36 heavy (non-hydrogen) atoms. The zero-order valence-electron chi connectivity index (χ0n) is 20.7. The second kappa shape index (κ2) is 12.7. The number of hydrogen-bond donors (Lipinski definition) is 1. The van der Waals surface area contributed by atoms with Crippen LogP contribution in [-0.2, 0) is 27.3 Å². The van der Waals surface area contributed by atoms with Gasteiger partial charge in [-0.05, 0) is 49.1 Å². The fourth-order valence-electron chi connectivity index (χ4n) is 3.52. The maximum absolute atomic E-state index is 12.8. The molecule has 0 aliphatic rings. The minimum absolute atomic E-state index is 0.0960. The largest absolute Gasteiger partial charge is 0.493 e. The molecular formula is C27H29NO7S. The third-order valence-electron chi connectivity index (χ3n) is 5.37. The number of aryl methyl sites for hydroxylation is 1. The van der Waals surface area contributed by atoms with Crippen molar-refractivity contribution in [2.24, 2.45) is 0 Å². The molecule has 0 unspecified atom stereocenters. The summed E-state index contributed by atoms with van der Waals surface area (Å²) in [7, 11) is 3.10. The second-order valence-electron chi connectivity index (χ2n) is 7.78. The van der Waals surface area contributed by atoms with E-state index in [0.29, 0.717) is 23.5 Å². The number of ether oxygens (including phenoxy) is 4. The lowest BCUT2D eigenvalue weighted by Crippen LogP contribution is -2.15. The molecule has 1 heterocycles. The van der Waals surface area contributed by atoms with E-state index in [1.54, 1.807) is 34.1 Å². The van der Waals surface area contributed by atoms with Crippen molar-refractivity contribution >= 4 is 34.2 Å². The summed E-state index contributed by atoms with van der Waals surface area (Å²) in [5.74, 6) is -0.305. The Labute approximate surface area is 214 Å². The molecule has 0 saturated heterocycles. The SMILES string of the molecule is CCOC(=O)c1c(NC(=O)CCc2ccc(OC)c(OC)c2)sc(C(=O)OCc2ccccc2)c1C. The summed E-state index contributed by atoms with van der Waals surface area (Å²) < 4.78 is 21.2. The quantitative estimate of drug-likeness (QED) is 0.354. The van der Waals surface area contributed by atoms with Gasteiger partial charge in [-0.1, -0.05) is 36.4 Å². The molecule has 0 spiro atoms. The van der Waals surface area contributed by atoms with E-state index in [1.807, 2.05) is 42.5 Å². The number of thiophene rings is 1. The maximum atomic E-state index is 12.8. The summed E-state index contributed by atoms with van der Waals surface area (Å²) >= 11 is 1.00.